The molecule has 2 amide bonds. The number of nitrogens with zero attached hydrogens (tertiary/aromatic N) is 3. The second kappa shape index (κ2) is 8.69. The van der Waals surface area contributed by atoms with Crippen molar-refractivity contribution in [1.29, 1.82) is 0 Å². The highest BCUT2D eigenvalue weighted by Crippen LogP contribution is 2.35. The molecular formula is C26H32N4O2. The van der Waals surface area contributed by atoms with E-state index >= 15 is 0 Å². The van der Waals surface area contributed by atoms with Crippen molar-refractivity contribution in [3.8, 4) is 17.3 Å². The largest absolute Gasteiger partial charge is 0.439 e. The number of hydrogen-bond donors (Lipinski definition) is 1. The Morgan fingerprint density at radius 2 is 1.84 bits per heavy atom. The third-order valence-electron chi connectivity index (χ3n) is 5.40. The van der Waals surface area contributed by atoms with Crippen molar-refractivity contribution in [2.24, 2.45) is 0 Å². The van der Waals surface area contributed by atoms with Crippen molar-refractivity contribution < 1.29 is 9.53 Å². The Labute approximate surface area is 190 Å². The van der Waals surface area contributed by atoms with Crippen LogP contribution >= 0.6 is 0 Å². The molecule has 1 N–H and O–H groups in total. The highest BCUT2D eigenvalue weighted by Gasteiger charge is 2.35. The molecule has 0 saturated heterocycles. The van der Waals surface area contributed by atoms with Gasteiger partial charge in [-0.05, 0) is 77.3 Å². The normalized spacial score (nSPS) is 13.7. The fourth-order valence-corrected chi connectivity index (χ4v) is 3.68. The highest BCUT2D eigenvalue weighted by molar-refractivity contribution is 5.76. The standard InChI is InChI=1S/C26H32N4O2/c1-18-10-9-13-22(16-18)32-24-23(19(2)28-30(24)21-11-7-6-8-12-21)17-29(20-14-15-20)25(31)27-26(3,4)5/h6-13,16,20H,14-15,17H2,1-5H3,(H,27,31). The van der Waals surface area contributed by atoms with Gasteiger partial charge in [-0.15, -0.1) is 0 Å². The van der Waals surface area contributed by atoms with E-state index in [1.165, 1.54) is 0 Å². The van der Waals surface area contributed by atoms with Crippen LogP contribution in [0.4, 0.5) is 4.79 Å². The molecule has 0 aliphatic heterocycles. The molecule has 6 nitrogen and oxygen atoms in total. The minimum atomic E-state index is -0.297. The van der Waals surface area contributed by atoms with Gasteiger partial charge in [0.05, 0.1) is 23.5 Å². The fraction of sp³-hybridized carbons (Fsp3) is 0.385. The first kappa shape index (κ1) is 21.9. The molecule has 2 aromatic carbocycles. The van der Waals surface area contributed by atoms with Gasteiger partial charge >= 0.3 is 6.03 Å². The third-order valence-corrected chi connectivity index (χ3v) is 5.40. The Morgan fingerprint density at radius 1 is 1.12 bits per heavy atom. The minimum Gasteiger partial charge on any atom is -0.439 e. The molecule has 1 saturated carbocycles. The van der Waals surface area contributed by atoms with E-state index in [4.69, 9.17) is 9.84 Å². The maximum absolute atomic E-state index is 13.1. The molecule has 6 heteroatoms. The number of carbonyl (C=O) groups excluding carboxylic acids is 1. The lowest BCUT2D eigenvalue weighted by molar-refractivity contribution is 0.182. The molecule has 1 aliphatic rings. The number of benzene rings is 2. The van der Waals surface area contributed by atoms with Crippen LogP contribution in [0.2, 0.25) is 0 Å². The molecule has 0 atom stereocenters. The van der Waals surface area contributed by atoms with Gasteiger partial charge in [-0.1, -0.05) is 30.3 Å². The smallest absolute Gasteiger partial charge is 0.318 e. The number of aryl methyl sites for hydroxylation is 2. The van der Waals surface area contributed by atoms with Crippen LogP contribution in [0.3, 0.4) is 0 Å². The monoisotopic (exact) mass is 432 g/mol. The molecule has 1 fully saturated rings. The van der Waals surface area contributed by atoms with Crippen molar-refractivity contribution in [1.82, 2.24) is 20.0 Å². The molecule has 168 valence electrons. The van der Waals surface area contributed by atoms with Crippen LogP contribution in [0.15, 0.2) is 54.6 Å². The lowest BCUT2D eigenvalue weighted by Crippen LogP contribution is -2.49. The van der Waals surface area contributed by atoms with E-state index in [9.17, 15) is 4.79 Å². The minimum absolute atomic E-state index is 0.0478. The number of carbonyl (C=O) groups is 1. The van der Waals surface area contributed by atoms with Crippen LogP contribution in [-0.2, 0) is 6.54 Å². The number of amides is 2. The number of para-hydroxylation sites is 1. The SMILES string of the molecule is Cc1cccc(Oc2c(CN(C(=O)NC(C)(C)C)C3CC3)c(C)nn2-c2ccccc2)c1. The third kappa shape index (κ3) is 5.13. The molecule has 1 aliphatic carbocycles. The summed E-state index contributed by atoms with van der Waals surface area (Å²) in [6.45, 7) is 10.5. The van der Waals surface area contributed by atoms with E-state index in [-0.39, 0.29) is 17.6 Å². The molecule has 32 heavy (non-hydrogen) atoms. The number of hydrogen-bond acceptors (Lipinski definition) is 3. The Hall–Kier alpha value is -3.28. The molecule has 1 aromatic heterocycles. The van der Waals surface area contributed by atoms with E-state index in [1.807, 2.05) is 98.8 Å². The molecule has 0 bridgehead atoms. The summed E-state index contributed by atoms with van der Waals surface area (Å²) in [5.41, 5.74) is 3.52. The van der Waals surface area contributed by atoms with Gasteiger partial charge in [0.25, 0.3) is 0 Å². The molecule has 0 unspecified atom stereocenters. The summed E-state index contributed by atoms with van der Waals surface area (Å²) < 4.78 is 8.25. The van der Waals surface area contributed by atoms with Crippen LogP contribution in [0.5, 0.6) is 11.6 Å². The topological polar surface area (TPSA) is 59.4 Å². The van der Waals surface area contributed by atoms with Crippen LogP contribution in [0.25, 0.3) is 5.69 Å². The first-order chi connectivity index (χ1) is 15.2. The van der Waals surface area contributed by atoms with E-state index in [1.54, 1.807) is 0 Å². The number of urea groups is 1. The summed E-state index contributed by atoms with van der Waals surface area (Å²) in [5, 5.41) is 7.91. The first-order valence-corrected chi connectivity index (χ1v) is 11.2. The fourth-order valence-electron chi connectivity index (χ4n) is 3.68. The first-order valence-electron chi connectivity index (χ1n) is 11.2. The van der Waals surface area contributed by atoms with Crippen molar-refractivity contribution in [3.63, 3.8) is 0 Å². The Bertz CT molecular complexity index is 1090. The van der Waals surface area contributed by atoms with Crippen molar-refractivity contribution in [2.45, 2.75) is 65.6 Å². The van der Waals surface area contributed by atoms with E-state index in [0.717, 1.165) is 41.1 Å². The number of aromatic nitrogens is 2. The zero-order valence-corrected chi connectivity index (χ0v) is 19.6. The van der Waals surface area contributed by atoms with Crippen molar-refractivity contribution >= 4 is 6.03 Å². The van der Waals surface area contributed by atoms with Crippen LogP contribution < -0.4 is 10.1 Å². The van der Waals surface area contributed by atoms with Gasteiger partial charge in [-0.25, -0.2) is 9.48 Å². The zero-order chi connectivity index (χ0) is 22.9. The average molecular weight is 433 g/mol. The number of ether oxygens (including phenoxy) is 1. The van der Waals surface area contributed by atoms with Crippen molar-refractivity contribution in [2.75, 3.05) is 0 Å². The summed E-state index contributed by atoms with van der Waals surface area (Å²) in [6, 6.07) is 18.1. The average Bonchev–Trinajstić information content (AvgIpc) is 3.51. The summed E-state index contributed by atoms with van der Waals surface area (Å²) in [5.74, 6) is 1.40. The van der Waals surface area contributed by atoms with Gasteiger partial charge in [0, 0.05) is 11.6 Å². The maximum Gasteiger partial charge on any atom is 0.318 e. The predicted molar refractivity (Wildman–Crippen MR) is 126 cm³/mol. The highest BCUT2D eigenvalue weighted by atomic mass is 16.5. The van der Waals surface area contributed by atoms with E-state index in [0.29, 0.717) is 12.4 Å². The maximum atomic E-state index is 13.1. The molecule has 4 rings (SSSR count). The molecule has 3 aromatic rings. The summed E-state index contributed by atoms with van der Waals surface area (Å²) >= 11 is 0. The van der Waals surface area contributed by atoms with Crippen LogP contribution in [0.1, 0.15) is 50.4 Å². The van der Waals surface area contributed by atoms with Crippen LogP contribution in [-0.4, -0.2) is 32.3 Å². The lowest BCUT2D eigenvalue weighted by Gasteiger charge is -2.28. The van der Waals surface area contributed by atoms with Gasteiger partial charge in [0.1, 0.15) is 5.75 Å². The Morgan fingerprint density at radius 3 is 2.47 bits per heavy atom. The molecule has 1 heterocycles. The summed E-state index contributed by atoms with van der Waals surface area (Å²) in [7, 11) is 0. The summed E-state index contributed by atoms with van der Waals surface area (Å²) in [4.78, 5) is 15.0. The zero-order valence-electron chi connectivity index (χ0n) is 19.6. The van der Waals surface area contributed by atoms with Crippen molar-refractivity contribution in [3.05, 3.63) is 71.4 Å². The Kier molecular flexibility index (Phi) is 5.96. The molecule has 0 spiro atoms. The predicted octanol–water partition coefficient (Wildman–Crippen LogP) is 5.75. The second-order valence-electron chi connectivity index (χ2n) is 9.57. The van der Waals surface area contributed by atoms with Crippen LogP contribution in [0, 0.1) is 13.8 Å². The van der Waals surface area contributed by atoms with Gasteiger partial charge < -0.3 is 15.0 Å². The number of rotatable bonds is 6. The second-order valence-corrected chi connectivity index (χ2v) is 9.57. The van der Waals surface area contributed by atoms with Gasteiger partial charge in [0.15, 0.2) is 0 Å². The summed E-state index contributed by atoms with van der Waals surface area (Å²) in [6.07, 6.45) is 2.05. The lowest BCUT2D eigenvalue weighted by atomic mass is 10.1. The quantitative estimate of drug-likeness (QED) is 0.539. The molecular weight excluding hydrogens is 400 g/mol. The van der Waals surface area contributed by atoms with Gasteiger partial charge in [-0.2, -0.15) is 5.10 Å². The van der Waals surface area contributed by atoms with Gasteiger partial charge in [0.2, 0.25) is 5.88 Å². The van der Waals surface area contributed by atoms with Gasteiger partial charge in [-0.3, -0.25) is 0 Å². The number of nitrogens with one attached hydrogen (secondary N) is 1. The molecule has 0 radical (unpaired) electrons. The van der Waals surface area contributed by atoms with E-state index < -0.39 is 0 Å². The Balaban J connectivity index is 1.73. The van der Waals surface area contributed by atoms with E-state index in [2.05, 4.69) is 5.32 Å².